The molecule has 51 heavy (non-hydrogen) atoms. The molecule has 3 heterocycles. The van der Waals surface area contributed by atoms with Crippen LogP contribution in [0.25, 0.3) is 5.69 Å². The van der Waals surface area contributed by atoms with Gasteiger partial charge in [0.1, 0.15) is 11.5 Å². The van der Waals surface area contributed by atoms with Crippen LogP contribution in [0.3, 0.4) is 0 Å². The number of benzene rings is 7. The van der Waals surface area contributed by atoms with Crippen molar-refractivity contribution in [2.24, 2.45) is 0 Å². The van der Waals surface area contributed by atoms with Gasteiger partial charge in [-0.3, -0.25) is 0 Å². The molecule has 0 N–H and O–H groups in total. The molecule has 0 spiro atoms. The average molecular weight is 656 g/mol. The van der Waals surface area contributed by atoms with E-state index in [0.717, 1.165) is 62.0 Å². The first-order chi connectivity index (χ1) is 25.3. The fraction of sp³-hybridized carbons (Fsp3) is 0.0417. The van der Waals surface area contributed by atoms with E-state index in [9.17, 15) is 0 Å². The topological polar surface area (TPSA) is 23.4 Å². The van der Waals surface area contributed by atoms with Gasteiger partial charge in [0.05, 0.1) is 22.2 Å². The van der Waals surface area contributed by atoms with Crippen molar-refractivity contribution in [1.29, 1.82) is 0 Å². The highest BCUT2D eigenvalue weighted by Crippen LogP contribution is 2.66. The summed E-state index contributed by atoms with van der Waals surface area (Å²) < 4.78 is 16.9. The number of hydrogen-bond acceptors (Lipinski definition) is 2. The Hall–Kier alpha value is -6.58. The lowest BCUT2D eigenvalue weighted by atomic mass is 9.65. The van der Waals surface area contributed by atoms with Crippen molar-refractivity contribution >= 4 is 0 Å². The molecule has 0 atom stereocenters. The van der Waals surface area contributed by atoms with E-state index in [1.807, 2.05) is 0 Å². The summed E-state index contributed by atoms with van der Waals surface area (Å²) in [4.78, 5) is 0. The number of nitrogens with zero attached hydrogens (tertiary/aromatic N) is 1. The summed E-state index contributed by atoms with van der Waals surface area (Å²) in [7, 11) is 0. The van der Waals surface area contributed by atoms with Crippen LogP contribution in [0.15, 0.2) is 200 Å². The molecule has 1 aromatic heterocycles. The van der Waals surface area contributed by atoms with Crippen LogP contribution in [0, 0.1) is 0 Å². The molecule has 7 aromatic carbocycles. The third-order valence-corrected chi connectivity index (χ3v) is 10.6. The van der Waals surface area contributed by atoms with E-state index in [4.69, 9.17) is 9.47 Å². The lowest BCUT2D eigenvalue weighted by molar-refractivity contribution is 0.382. The van der Waals surface area contributed by atoms with Gasteiger partial charge >= 0.3 is 0 Å². The normalized spacial score (nSPS) is 14.5. The zero-order chi connectivity index (χ0) is 33.8. The maximum atomic E-state index is 7.21. The van der Waals surface area contributed by atoms with Gasteiger partial charge in [0.25, 0.3) is 0 Å². The highest BCUT2D eigenvalue weighted by molar-refractivity contribution is 5.79. The summed E-state index contributed by atoms with van der Waals surface area (Å²) in [5.74, 6) is 3.04. The molecule has 0 radical (unpaired) electrons. The Labute approximate surface area is 297 Å². The summed E-state index contributed by atoms with van der Waals surface area (Å²) in [5, 5.41) is 0. The van der Waals surface area contributed by atoms with Crippen LogP contribution in [0.4, 0.5) is 0 Å². The molecular formula is C48H33NO2. The van der Waals surface area contributed by atoms with Gasteiger partial charge in [-0.15, -0.1) is 0 Å². The summed E-state index contributed by atoms with van der Waals surface area (Å²) >= 11 is 0. The second kappa shape index (κ2) is 11.5. The van der Waals surface area contributed by atoms with E-state index in [1.165, 1.54) is 0 Å². The first-order valence-electron chi connectivity index (χ1n) is 17.4. The fourth-order valence-corrected chi connectivity index (χ4v) is 8.69. The minimum atomic E-state index is -0.783. The molecule has 0 saturated carbocycles. The van der Waals surface area contributed by atoms with Gasteiger partial charge in [0.15, 0.2) is 11.5 Å². The quantitative estimate of drug-likeness (QED) is 0.184. The Morgan fingerprint density at radius 1 is 0.314 bits per heavy atom. The molecule has 3 nitrogen and oxygen atoms in total. The molecule has 10 rings (SSSR count). The molecule has 0 bridgehead atoms. The van der Waals surface area contributed by atoms with Crippen LogP contribution in [-0.2, 0) is 10.8 Å². The van der Waals surface area contributed by atoms with Gasteiger partial charge < -0.3 is 14.0 Å². The van der Waals surface area contributed by atoms with Crippen molar-refractivity contribution in [3.63, 3.8) is 0 Å². The van der Waals surface area contributed by atoms with E-state index in [0.29, 0.717) is 11.5 Å². The van der Waals surface area contributed by atoms with Crippen LogP contribution in [0.5, 0.6) is 23.0 Å². The molecule has 2 aliphatic rings. The standard InChI is InChI=1S/C48H33NO2/c1-6-20-34(21-7-1)47(35-22-8-2-9-23-35)39-30-16-18-32-41(39)50-43-44-46(49(45(43)47)38-28-14-5-15-29-38)48(36-24-10-3-11-25-36,37-26-12-4-13-27-37)40-31-17-19-33-42(40)51-44/h1-33H. The average Bonchev–Trinajstić information content (AvgIpc) is 3.54. The summed E-state index contributed by atoms with van der Waals surface area (Å²) in [5.41, 5.74) is 8.17. The smallest absolute Gasteiger partial charge is 0.193 e. The van der Waals surface area contributed by atoms with Crippen LogP contribution in [0.1, 0.15) is 44.8 Å². The van der Waals surface area contributed by atoms with Crippen molar-refractivity contribution in [2.45, 2.75) is 10.8 Å². The third-order valence-electron chi connectivity index (χ3n) is 10.6. The monoisotopic (exact) mass is 655 g/mol. The second-order valence-electron chi connectivity index (χ2n) is 13.2. The lowest BCUT2D eigenvalue weighted by Gasteiger charge is -2.42. The number of fused-ring (bicyclic) bond motifs is 5. The molecule has 0 unspecified atom stereocenters. The van der Waals surface area contributed by atoms with Crippen molar-refractivity contribution in [3.8, 4) is 28.7 Å². The molecule has 0 aliphatic carbocycles. The van der Waals surface area contributed by atoms with Gasteiger partial charge in [0, 0.05) is 16.8 Å². The predicted molar refractivity (Wildman–Crippen MR) is 203 cm³/mol. The highest BCUT2D eigenvalue weighted by Gasteiger charge is 2.56. The number of para-hydroxylation sites is 3. The van der Waals surface area contributed by atoms with E-state index < -0.39 is 10.8 Å². The maximum absolute atomic E-state index is 7.21. The van der Waals surface area contributed by atoms with Crippen LogP contribution in [0.2, 0.25) is 0 Å². The van der Waals surface area contributed by atoms with Crippen LogP contribution < -0.4 is 9.47 Å². The molecule has 0 amide bonds. The number of hydrogen-bond donors (Lipinski definition) is 0. The van der Waals surface area contributed by atoms with E-state index in [-0.39, 0.29) is 0 Å². The first kappa shape index (κ1) is 29.3. The minimum absolute atomic E-state index is 0.714. The van der Waals surface area contributed by atoms with Gasteiger partial charge in [-0.2, -0.15) is 0 Å². The Kier molecular flexibility index (Phi) is 6.62. The minimum Gasteiger partial charge on any atom is -0.451 e. The zero-order valence-corrected chi connectivity index (χ0v) is 27.8. The van der Waals surface area contributed by atoms with Gasteiger partial charge in [0.2, 0.25) is 0 Å². The first-order valence-corrected chi connectivity index (χ1v) is 17.4. The molecule has 3 heteroatoms. The van der Waals surface area contributed by atoms with E-state index >= 15 is 0 Å². The van der Waals surface area contributed by atoms with E-state index in [1.54, 1.807) is 0 Å². The summed E-state index contributed by atoms with van der Waals surface area (Å²) in [6, 6.07) is 71.1. The molecule has 0 fully saturated rings. The number of aromatic nitrogens is 1. The van der Waals surface area contributed by atoms with Gasteiger partial charge in [-0.05, 0) is 46.5 Å². The zero-order valence-electron chi connectivity index (χ0n) is 27.8. The lowest BCUT2D eigenvalue weighted by Crippen LogP contribution is -2.39. The molecule has 0 saturated heterocycles. The predicted octanol–water partition coefficient (Wildman–Crippen LogP) is 11.5. The fourth-order valence-electron chi connectivity index (χ4n) is 8.69. The van der Waals surface area contributed by atoms with Gasteiger partial charge in [-0.25, -0.2) is 0 Å². The van der Waals surface area contributed by atoms with Crippen LogP contribution in [-0.4, -0.2) is 4.57 Å². The van der Waals surface area contributed by atoms with Crippen molar-refractivity contribution < 1.29 is 9.47 Å². The highest BCUT2D eigenvalue weighted by atomic mass is 16.5. The van der Waals surface area contributed by atoms with Crippen molar-refractivity contribution in [3.05, 3.63) is 245 Å². The van der Waals surface area contributed by atoms with E-state index in [2.05, 4.69) is 205 Å². The van der Waals surface area contributed by atoms with Crippen molar-refractivity contribution in [2.75, 3.05) is 0 Å². The summed E-state index contributed by atoms with van der Waals surface area (Å²) in [6.07, 6.45) is 0. The molecular weight excluding hydrogens is 623 g/mol. The molecule has 2 aliphatic heterocycles. The SMILES string of the molecule is c1ccc(-n2c3c(c4c2C(c2ccccc2)(c2ccccc2)c2ccccc2O4)Oc2ccccc2C3(c2ccccc2)c2ccccc2)cc1. The maximum Gasteiger partial charge on any atom is 0.193 e. The van der Waals surface area contributed by atoms with Gasteiger partial charge in [-0.1, -0.05) is 176 Å². The van der Waals surface area contributed by atoms with Crippen LogP contribution >= 0.6 is 0 Å². The number of ether oxygens (including phenoxy) is 2. The molecule has 8 aromatic rings. The Balaban J connectivity index is 1.48. The largest absolute Gasteiger partial charge is 0.451 e. The van der Waals surface area contributed by atoms with Crippen molar-refractivity contribution in [1.82, 2.24) is 4.57 Å². The number of rotatable bonds is 5. The Morgan fingerprint density at radius 2 is 0.608 bits per heavy atom. The Bertz CT molecular complexity index is 2270. The third kappa shape index (κ3) is 4.06. The second-order valence-corrected chi connectivity index (χ2v) is 13.2. The molecule has 242 valence electrons. The Morgan fingerprint density at radius 3 is 0.961 bits per heavy atom. The summed E-state index contributed by atoms with van der Waals surface area (Å²) in [6.45, 7) is 0.